The van der Waals surface area contributed by atoms with Crippen LogP contribution in [0, 0.1) is 6.92 Å². The van der Waals surface area contributed by atoms with Crippen LogP contribution in [0.2, 0.25) is 0 Å². The van der Waals surface area contributed by atoms with E-state index >= 15 is 0 Å². The Balaban J connectivity index is 2.05. The maximum atomic E-state index is 12.3. The summed E-state index contributed by atoms with van der Waals surface area (Å²) >= 11 is 0. The molecule has 2 aromatic rings. The Morgan fingerprint density at radius 2 is 1.95 bits per heavy atom. The molecule has 0 bridgehead atoms. The van der Waals surface area contributed by atoms with E-state index in [2.05, 4.69) is 15.0 Å². The third-order valence-corrected chi connectivity index (χ3v) is 2.81. The molecule has 4 nitrogen and oxygen atoms in total. The smallest absolute Gasteiger partial charge is 0.405 e. The average molecular weight is 310 g/mol. The Labute approximate surface area is 124 Å². The Hall–Kier alpha value is -2.57. The number of halogens is 3. The Morgan fingerprint density at radius 1 is 1.23 bits per heavy atom. The minimum Gasteiger partial charge on any atom is -0.405 e. The number of para-hydroxylation sites is 1. The molecule has 0 aliphatic heterocycles. The molecule has 1 amide bonds. The van der Waals surface area contributed by atoms with Crippen LogP contribution < -0.4 is 10.1 Å². The topological polar surface area (TPSA) is 51.2 Å². The number of nitrogens with one attached hydrogen (secondary N) is 1. The number of carbonyl (C=O) groups is 1. The van der Waals surface area contributed by atoms with Gasteiger partial charge in [-0.3, -0.25) is 9.78 Å². The molecule has 0 fully saturated rings. The van der Waals surface area contributed by atoms with Crippen LogP contribution in [0.4, 0.5) is 13.2 Å². The molecule has 1 aromatic heterocycles. The van der Waals surface area contributed by atoms with E-state index in [1.807, 2.05) is 0 Å². The Morgan fingerprint density at radius 3 is 2.59 bits per heavy atom. The number of nitrogens with zero attached hydrogens (tertiary/aromatic N) is 1. The van der Waals surface area contributed by atoms with Crippen LogP contribution >= 0.6 is 0 Å². The van der Waals surface area contributed by atoms with Gasteiger partial charge in [-0.15, -0.1) is 13.2 Å². The number of rotatable bonds is 4. The summed E-state index contributed by atoms with van der Waals surface area (Å²) in [4.78, 5) is 15.9. The number of aryl methyl sites for hydroxylation is 1. The fourth-order valence-electron chi connectivity index (χ4n) is 1.75. The summed E-state index contributed by atoms with van der Waals surface area (Å²) in [6, 6.07) is 8.91. The minimum atomic E-state index is -4.78. The predicted molar refractivity (Wildman–Crippen MR) is 73.3 cm³/mol. The molecular formula is C15H13F3N2O2. The lowest BCUT2D eigenvalue weighted by Crippen LogP contribution is -2.24. The molecule has 0 unspecified atom stereocenters. The lowest BCUT2D eigenvalue weighted by atomic mass is 10.2. The quantitative estimate of drug-likeness (QED) is 0.943. The lowest BCUT2D eigenvalue weighted by molar-refractivity contribution is -0.274. The number of benzene rings is 1. The van der Waals surface area contributed by atoms with E-state index in [1.54, 1.807) is 25.1 Å². The number of hydrogen-bond acceptors (Lipinski definition) is 3. The largest absolute Gasteiger partial charge is 0.573 e. The molecule has 1 heterocycles. The highest BCUT2D eigenvalue weighted by Gasteiger charge is 2.31. The van der Waals surface area contributed by atoms with Gasteiger partial charge in [0.1, 0.15) is 5.75 Å². The number of hydrogen-bond donors (Lipinski definition) is 1. The van der Waals surface area contributed by atoms with Gasteiger partial charge in [0, 0.05) is 24.0 Å². The van der Waals surface area contributed by atoms with Crippen molar-refractivity contribution in [3.8, 4) is 5.75 Å². The molecule has 0 atom stereocenters. The summed E-state index contributed by atoms with van der Waals surface area (Å²) in [6.45, 7) is 1.70. The molecular weight excluding hydrogens is 297 g/mol. The summed E-state index contributed by atoms with van der Waals surface area (Å²) in [6.07, 6.45) is -3.37. The highest BCUT2D eigenvalue weighted by Crippen LogP contribution is 2.26. The van der Waals surface area contributed by atoms with Gasteiger partial charge in [0.15, 0.2) is 0 Å². The maximum absolute atomic E-state index is 12.3. The van der Waals surface area contributed by atoms with Crippen LogP contribution in [0.5, 0.6) is 5.75 Å². The Bertz CT molecular complexity index is 655. The molecule has 1 N–H and O–H groups in total. The molecule has 1 aromatic carbocycles. The number of aromatic nitrogens is 1. The zero-order chi connectivity index (χ0) is 16.2. The number of alkyl halides is 3. The first-order chi connectivity index (χ1) is 10.3. The van der Waals surface area contributed by atoms with Crippen molar-refractivity contribution >= 4 is 5.91 Å². The van der Waals surface area contributed by atoms with E-state index in [0.717, 1.165) is 5.69 Å². The first-order valence-electron chi connectivity index (χ1n) is 6.39. The van der Waals surface area contributed by atoms with Gasteiger partial charge in [0.25, 0.3) is 5.91 Å². The van der Waals surface area contributed by atoms with Gasteiger partial charge >= 0.3 is 6.36 Å². The SMILES string of the molecule is Cc1ccc(C(=O)NCc2ccccc2OC(F)(F)F)cn1. The number of ether oxygens (including phenoxy) is 1. The van der Waals surface area contributed by atoms with E-state index < -0.39 is 12.3 Å². The highest BCUT2D eigenvalue weighted by molar-refractivity contribution is 5.93. The summed E-state index contributed by atoms with van der Waals surface area (Å²) in [7, 11) is 0. The summed E-state index contributed by atoms with van der Waals surface area (Å²) in [5, 5.41) is 2.53. The minimum absolute atomic E-state index is 0.0844. The van der Waals surface area contributed by atoms with Crippen LogP contribution in [0.15, 0.2) is 42.6 Å². The van der Waals surface area contributed by atoms with Crippen molar-refractivity contribution in [3.05, 3.63) is 59.4 Å². The van der Waals surface area contributed by atoms with Crippen molar-refractivity contribution < 1.29 is 22.7 Å². The van der Waals surface area contributed by atoms with Crippen molar-refractivity contribution in [2.45, 2.75) is 19.8 Å². The molecule has 2 rings (SSSR count). The van der Waals surface area contributed by atoms with Crippen LogP contribution in [0.1, 0.15) is 21.6 Å². The molecule has 0 saturated heterocycles. The molecule has 0 spiro atoms. The molecule has 0 saturated carbocycles. The van der Waals surface area contributed by atoms with Crippen LogP contribution in [0.25, 0.3) is 0 Å². The lowest BCUT2D eigenvalue weighted by Gasteiger charge is -2.13. The standard InChI is InChI=1S/C15H13F3N2O2/c1-10-6-7-12(9-19-10)14(21)20-8-11-4-2-3-5-13(11)22-15(16,17)18/h2-7,9H,8H2,1H3,(H,20,21). The number of amides is 1. The van der Waals surface area contributed by atoms with Crippen molar-refractivity contribution in [1.82, 2.24) is 10.3 Å². The van der Waals surface area contributed by atoms with E-state index in [9.17, 15) is 18.0 Å². The van der Waals surface area contributed by atoms with Gasteiger partial charge in [-0.05, 0) is 25.1 Å². The van der Waals surface area contributed by atoms with E-state index in [1.165, 1.54) is 24.4 Å². The number of carbonyl (C=O) groups excluding carboxylic acids is 1. The monoisotopic (exact) mass is 310 g/mol. The van der Waals surface area contributed by atoms with Gasteiger partial charge < -0.3 is 10.1 Å². The van der Waals surface area contributed by atoms with Crippen molar-refractivity contribution in [2.75, 3.05) is 0 Å². The highest BCUT2D eigenvalue weighted by atomic mass is 19.4. The fourth-order valence-corrected chi connectivity index (χ4v) is 1.75. The predicted octanol–water partition coefficient (Wildman–Crippen LogP) is 3.22. The van der Waals surface area contributed by atoms with Gasteiger partial charge in [-0.1, -0.05) is 18.2 Å². The van der Waals surface area contributed by atoms with E-state index in [4.69, 9.17) is 0 Å². The first kappa shape index (κ1) is 15.8. The molecule has 0 radical (unpaired) electrons. The molecule has 0 aliphatic carbocycles. The van der Waals surface area contributed by atoms with E-state index in [0.29, 0.717) is 5.56 Å². The second-order valence-corrected chi connectivity index (χ2v) is 4.53. The van der Waals surface area contributed by atoms with Gasteiger partial charge in [-0.25, -0.2) is 0 Å². The summed E-state index contributed by atoms with van der Waals surface area (Å²) in [5.41, 5.74) is 1.33. The summed E-state index contributed by atoms with van der Waals surface area (Å²) in [5.74, 6) is -0.758. The fraction of sp³-hybridized carbons (Fsp3) is 0.200. The zero-order valence-electron chi connectivity index (χ0n) is 11.6. The van der Waals surface area contributed by atoms with E-state index in [-0.39, 0.29) is 17.9 Å². The van der Waals surface area contributed by atoms with Gasteiger partial charge in [0.05, 0.1) is 5.56 Å². The zero-order valence-corrected chi connectivity index (χ0v) is 11.6. The van der Waals surface area contributed by atoms with Gasteiger partial charge in [0.2, 0.25) is 0 Å². The van der Waals surface area contributed by atoms with Crippen LogP contribution in [-0.4, -0.2) is 17.3 Å². The average Bonchev–Trinajstić information content (AvgIpc) is 2.45. The molecule has 0 aliphatic rings. The third kappa shape index (κ3) is 4.47. The van der Waals surface area contributed by atoms with Gasteiger partial charge in [-0.2, -0.15) is 0 Å². The van der Waals surface area contributed by atoms with Crippen LogP contribution in [0.3, 0.4) is 0 Å². The Kier molecular flexibility index (Phi) is 4.65. The molecule has 7 heteroatoms. The maximum Gasteiger partial charge on any atom is 0.573 e. The second-order valence-electron chi connectivity index (χ2n) is 4.53. The van der Waals surface area contributed by atoms with Crippen molar-refractivity contribution in [1.29, 1.82) is 0 Å². The second kappa shape index (κ2) is 6.46. The van der Waals surface area contributed by atoms with Crippen molar-refractivity contribution in [2.24, 2.45) is 0 Å². The van der Waals surface area contributed by atoms with Crippen LogP contribution in [-0.2, 0) is 6.54 Å². The first-order valence-corrected chi connectivity index (χ1v) is 6.39. The summed E-state index contributed by atoms with van der Waals surface area (Å²) < 4.78 is 40.8. The molecule has 116 valence electrons. The van der Waals surface area contributed by atoms with Crippen molar-refractivity contribution in [3.63, 3.8) is 0 Å². The molecule has 22 heavy (non-hydrogen) atoms. The number of pyridine rings is 1. The normalized spacial score (nSPS) is 11.1. The third-order valence-electron chi connectivity index (χ3n) is 2.81.